The van der Waals surface area contributed by atoms with E-state index in [1.807, 2.05) is 30.6 Å². The van der Waals surface area contributed by atoms with Gasteiger partial charge in [0.2, 0.25) is 5.95 Å². The Bertz CT molecular complexity index is 742. The van der Waals surface area contributed by atoms with Gasteiger partial charge >= 0.3 is 0 Å². The molecule has 0 atom stereocenters. The molecule has 0 saturated heterocycles. The fourth-order valence-electron chi connectivity index (χ4n) is 1.77. The quantitative estimate of drug-likeness (QED) is 0.765. The van der Waals surface area contributed by atoms with Crippen molar-refractivity contribution in [2.45, 2.75) is 6.92 Å². The topological polar surface area (TPSA) is 62.7 Å². The van der Waals surface area contributed by atoms with E-state index in [9.17, 15) is 0 Å². The number of rotatable bonds is 4. The first-order valence-corrected chi connectivity index (χ1v) is 7.38. The van der Waals surface area contributed by atoms with Gasteiger partial charge in [-0.25, -0.2) is 9.97 Å². The first-order chi connectivity index (χ1) is 9.76. The van der Waals surface area contributed by atoms with Gasteiger partial charge < -0.3 is 10.6 Å². The second-order valence-electron chi connectivity index (χ2n) is 4.08. The van der Waals surface area contributed by atoms with Gasteiger partial charge in [-0.2, -0.15) is 4.98 Å². The van der Waals surface area contributed by atoms with Crippen molar-refractivity contribution in [2.24, 2.45) is 0 Å². The molecule has 3 aromatic rings. The largest absolute Gasteiger partial charge is 0.354 e. The molecule has 102 valence electrons. The van der Waals surface area contributed by atoms with Crippen LogP contribution in [0.2, 0.25) is 5.02 Å². The summed E-state index contributed by atoms with van der Waals surface area (Å²) >= 11 is 7.72. The minimum atomic E-state index is 0.482. The van der Waals surface area contributed by atoms with Gasteiger partial charge in [-0.15, -0.1) is 11.3 Å². The lowest BCUT2D eigenvalue weighted by atomic mass is 10.3. The molecule has 0 saturated carbocycles. The maximum atomic E-state index is 6.12. The number of nitrogens with one attached hydrogen (secondary N) is 2. The van der Waals surface area contributed by atoms with Crippen molar-refractivity contribution in [1.82, 2.24) is 15.0 Å². The van der Waals surface area contributed by atoms with Gasteiger partial charge in [-0.1, -0.05) is 11.6 Å². The summed E-state index contributed by atoms with van der Waals surface area (Å²) in [6.07, 6.45) is 1.58. The predicted octanol–water partition coefficient (Wildman–Crippen LogP) is 3.92. The van der Waals surface area contributed by atoms with Crippen LogP contribution >= 0.6 is 22.9 Å². The highest BCUT2D eigenvalue weighted by Gasteiger charge is 2.06. The van der Waals surface area contributed by atoms with Crippen molar-refractivity contribution in [1.29, 1.82) is 0 Å². The van der Waals surface area contributed by atoms with Gasteiger partial charge in [0.1, 0.15) is 5.02 Å². The molecule has 3 rings (SSSR count). The number of aromatic nitrogens is 3. The molecule has 0 spiro atoms. The molecule has 0 unspecified atom stereocenters. The van der Waals surface area contributed by atoms with Gasteiger partial charge in [0.15, 0.2) is 5.82 Å². The highest BCUT2D eigenvalue weighted by Crippen LogP contribution is 2.27. The summed E-state index contributed by atoms with van der Waals surface area (Å²) in [4.78, 5) is 12.7. The average Bonchev–Trinajstić information content (AvgIpc) is 2.90. The Hall–Kier alpha value is -1.92. The zero-order valence-corrected chi connectivity index (χ0v) is 12.3. The van der Waals surface area contributed by atoms with Crippen LogP contribution in [0.15, 0.2) is 29.9 Å². The Morgan fingerprint density at radius 1 is 1.30 bits per heavy atom. The summed E-state index contributed by atoms with van der Waals surface area (Å²) in [5.74, 6) is 1.14. The van der Waals surface area contributed by atoms with Gasteiger partial charge in [-0.05, 0) is 25.1 Å². The van der Waals surface area contributed by atoms with Crippen LogP contribution in [-0.4, -0.2) is 21.5 Å². The van der Waals surface area contributed by atoms with E-state index in [0.717, 1.165) is 22.4 Å². The second kappa shape index (κ2) is 5.60. The summed E-state index contributed by atoms with van der Waals surface area (Å²) in [7, 11) is 0. The third kappa shape index (κ3) is 2.66. The summed E-state index contributed by atoms with van der Waals surface area (Å²) in [6.45, 7) is 2.75. The summed E-state index contributed by atoms with van der Waals surface area (Å²) in [5.41, 5.74) is 3.74. The van der Waals surface area contributed by atoms with E-state index in [1.54, 1.807) is 17.5 Å². The molecule has 20 heavy (non-hydrogen) atoms. The number of benzene rings is 1. The first-order valence-electron chi connectivity index (χ1n) is 6.13. The molecular weight excluding hydrogens is 294 g/mol. The van der Waals surface area contributed by atoms with E-state index < -0.39 is 0 Å². The van der Waals surface area contributed by atoms with Crippen molar-refractivity contribution < 1.29 is 0 Å². The standard InChI is InChI=1S/C13H12ClN5S/c1-2-15-13-16-6-9(14)12(19-13)18-8-3-4-10-11(5-8)20-7-17-10/h3-7H,2H2,1H3,(H2,15,16,18,19). The van der Waals surface area contributed by atoms with Gasteiger partial charge in [0, 0.05) is 12.2 Å². The molecule has 0 aliphatic carbocycles. The van der Waals surface area contributed by atoms with Crippen LogP contribution in [0, 0.1) is 0 Å². The Morgan fingerprint density at radius 3 is 3.05 bits per heavy atom. The number of halogens is 1. The zero-order valence-electron chi connectivity index (χ0n) is 10.7. The lowest BCUT2D eigenvalue weighted by Gasteiger charge is -2.09. The fourth-order valence-corrected chi connectivity index (χ4v) is 2.62. The van der Waals surface area contributed by atoms with Gasteiger partial charge in [-0.3, -0.25) is 0 Å². The average molecular weight is 306 g/mol. The molecule has 0 radical (unpaired) electrons. The van der Waals surface area contributed by atoms with Crippen molar-refractivity contribution in [3.05, 3.63) is 34.9 Å². The lowest BCUT2D eigenvalue weighted by Crippen LogP contribution is -2.04. The highest BCUT2D eigenvalue weighted by molar-refractivity contribution is 7.16. The van der Waals surface area contributed by atoms with Crippen LogP contribution < -0.4 is 10.6 Å². The monoisotopic (exact) mass is 305 g/mol. The van der Waals surface area contributed by atoms with Crippen LogP contribution in [0.4, 0.5) is 17.5 Å². The maximum absolute atomic E-state index is 6.12. The molecule has 0 amide bonds. The molecular formula is C13H12ClN5S. The molecule has 0 bridgehead atoms. The number of anilines is 3. The molecule has 7 heteroatoms. The van der Waals surface area contributed by atoms with E-state index in [1.165, 1.54) is 0 Å². The van der Waals surface area contributed by atoms with E-state index in [4.69, 9.17) is 11.6 Å². The molecule has 0 aliphatic heterocycles. The van der Waals surface area contributed by atoms with Gasteiger partial charge in [0.05, 0.1) is 21.9 Å². The van der Waals surface area contributed by atoms with Crippen LogP contribution in [0.3, 0.4) is 0 Å². The molecule has 0 aliphatic rings. The normalized spacial score (nSPS) is 10.7. The number of hydrogen-bond donors (Lipinski definition) is 2. The van der Waals surface area contributed by atoms with E-state index in [0.29, 0.717) is 16.8 Å². The third-order valence-electron chi connectivity index (χ3n) is 2.67. The number of hydrogen-bond acceptors (Lipinski definition) is 6. The third-order valence-corrected chi connectivity index (χ3v) is 3.74. The van der Waals surface area contributed by atoms with Crippen LogP contribution in [-0.2, 0) is 0 Å². The minimum Gasteiger partial charge on any atom is -0.354 e. The van der Waals surface area contributed by atoms with Crippen LogP contribution in [0.5, 0.6) is 0 Å². The maximum Gasteiger partial charge on any atom is 0.224 e. The number of thiazole rings is 1. The van der Waals surface area contributed by atoms with Crippen molar-refractivity contribution in [3.63, 3.8) is 0 Å². The zero-order chi connectivity index (χ0) is 13.9. The molecule has 1 aromatic carbocycles. The molecule has 2 N–H and O–H groups in total. The number of fused-ring (bicyclic) bond motifs is 1. The summed E-state index contributed by atoms with van der Waals surface area (Å²) in [6, 6.07) is 5.94. The first kappa shape index (κ1) is 13.1. The van der Waals surface area contributed by atoms with Crippen LogP contribution in [0.1, 0.15) is 6.92 Å². The Labute approximate surface area is 125 Å². The molecule has 0 fully saturated rings. The van der Waals surface area contributed by atoms with Crippen molar-refractivity contribution in [2.75, 3.05) is 17.2 Å². The molecule has 5 nitrogen and oxygen atoms in total. The fraction of sp³-hybridized carbons (Fsp3) is 0.154. The Kier molecular flexibility index (Phi) is 3.66. The lowest BCUT2D eigenvalue weighted by molar-refractivity contribution is 1.09. The minimum absolute atomic E-state index is 0.482. The SMILES string of the molecule is CCNc1ncc(Cl)c(Nc2ccc3ncsc3c2)n1. The Morgan fingerprint density at radius 2 is 2.20 bits per heavy atom. The summed E-state index contributed by atoms with van der Waals surface area (Å²) < 4.78 is 1.12. The summed E-state index contributed by atoms with van der Waals surface area (Å²) in [5, 5.41) is 6.75. The van der Waals surface area contributed by atoms with Gasteiger partial charge in [0.25, 0.3) is 0 Å². The highest BCUT2D eigenvalue weighted by atomic mass is 35.5. The van der Waals surface area contributed by atoms with E-state index >= 15 is 0 Å². The predicted molar refractivity (Wildman–Crippen MR) is 84.1 cm³/mol. The second-order valence-corrected chi connectivity index (χ2v) is 5.37. The van der Waals surface area contributed by atoms with E-state index in [-0.39, 0.29) is 0 Å². The molecule has 2 heterocycles. The van der Waals surface area contributed by atoms with Crippen molar-refractivity contribution >= 4 is 50.6 Å². The van der Waals surface area contributed by atoms with Crippen molar-refractivity contribution in [3.8, 4) is 0 Å². The number of nitrogens with zero attached hydrogens (tertiary/aromatic N) is 3. The molecule has 2 aromatic heterocycles. The smallest absolute Gasteiger partial charge is 0.224 e. The van der Waals surface area contributed by atoms with Crippen LogP contribution in [0.25, 0.3) is 10.2 Å². The van der Waals surface area contributed by atoms with E-state index in [2.05, 4.69) is 25.6 Å². The Balaban J connectivity index is 1.91.